The Kier molecular flexibility index (Phi) is 5.33. The zero-order valence-corrected chi connectivity index (χ0v) is 13.0. The van der Waals surface area contributed by atoms with Gasteiger partial charge in [-0.25, -0.2) is 4.79 Å². The molecule has 24 heavy (non-hydrogen) atoms. The summed E-state index contributed by atoms with van der Waals surface area (Å²) in [7, 11) is 2.65. The molecule has 0 N–H and O–H groups in total. The first kappa shape index (κ1) is 17.7. The number of ether oxygens (including phenoxy) is 3. The third-order valence-corrected chi connectivity index (χ3v) is 3.23. The zero-order valence-electron chi connectivity index (χ0n) is 13.0. The van der Waals surface area contributed by atoms with Crippen LogP contribution < -0.4 is 9.47 Å². The Bertz CT molecular complexity index is 726. The molecule has 2 rings (SSSR count). The minimum Gasteiger partial charge on any atom is -0.493 e. The van der Waals surface area contributed by atoms with Gasteiger partial charge in [-0.05, 0) is 35.9 Å². The molecule has 2 aromatic carbocycles. The summed E-state index contributed by atoms with van der Waals surface area (Å²) in [6.07, 6.45) is -4.41. The van der Waals surface area contributed by atoms with Crippen LogP contribution in [0.2, 0.25) is 0 Å². The van der Waals surface area contributed by atoms with Gasteiger partial charge in [-0.3, -0.25) is 0 Å². The molecule has 0 radical (unpaired) electrons. The van der Waals surface area contributed by atoms with E-state index >= 15 is 0 Å². The standard InChI is InChI=1S/C17H15F3O4/c1-22-15-9-12(16(21)23-2)6-7-14(15)24-10-11-4-3-5-13(8-11)17(18,19)20/h3-9H,10H2,1-2H3. The summed E-state index contributed by atoms with van der Waals surface area (Å²) in [5, 5.41) is 0. The smallest absolute Gasteiger partial charge is 0.416 e. The molecule has 7 heteroatoms. The van der Waals surface area contributed by atoms with Crippen molar-refractivity contribution in [1.29, 1.82) is 0 Å². The number of alkyl halides is 3. The van der Waals surface area contributed by atoms with Gasteiger partial charge in [0.1, 0.15) is 6.61 Å². The fourth-order valence-electron chi connectivity index (χ4n) is 2.03. The van der Waals surface area contributed by atoms with Gasteiger partial charge < -0.3 is 14.2 Å². The van der Waals surface area contributed by atoms with E-state index in [1.807, 2.05) is 0 Å². The van der Waals surface area contributed by atoms with Crippen molar-refractivity contribution in [3.05, 3.63) is 59.2 Å². The molecule has 0 aliphatic carbocycles. The van der Waals surface area contributed by atoms with Crippen LogP contribution in [0, 0.1) is 0 Å². The molecule has 0 amide bonds. The van der Waals surface area contributed by atoms with Crippen LogP contribution in [0.25, 0.3) is 0 Å². The van der Waals surface area contributed by atoms with Crippen LogP contribution in [0.15, 0.2) is 42.5 Å². The second-order valence-electron chi connectivity index (χ2n) is 4.84. The highest BCUT2D eigenvalue weighted by atomic mass is 19.4. The van der Waals surface area contributed by atoms with E-state index in [0.717, 1.165) is 12.1 Å². The molecule has 128 valence electrons. The number of halogens is 3. The van der Waals surface area contributed by atoms with E-state index < -0.39 is 17.7 Å². The molecule has 0 heterocycles. The second-order valence-corrected chi connectivity index (χ2v) is 4.84. The van der Waals surface area contributed by atoms with Gasteiger partial charge in [0.05, 0.1) is 25.3 Å². The lowest BCUT2D eigenvalue weighted by Gasteiger charge is -2.13. The van der Waals surface area contributed by atoms with Crippen molar-refractivity contribution in [2.24, 2.45) is 0 Å². The Hall–Kier alpha value is -2.70. The largest absolute Gasteiger partial charge is 0.493 e. The Labute approximate surface area is 136 Å². The van der Waals surface area contributed by atoms with Crippen molar-refractivity contribution in [2.45, 2.75) is 12.8 Å². The molecule has 0 saturated carbocycles. The fourth-order valence-corrected chi connectivity index (χ4v) is 2.03. The van der Waals surface area contributed by atoms with E-state index in [1.165, 1.54) is 44.6 Å². The number of hydrogen-bond donors (Lipinski definition) is 0. The molecule has 0 spiro atoms. The number of esters is 1. The number of carbonyl (C=O) groups excluding carboxylic acids is 1. The fraction of sp³-hybridized carbons (Fsp3) is 0.235. The number of carbonyl (C=O) groups is 1. The van der Waals surface area contributed by atoms with Crippen molar-refractivity contribution < 1.29 is 32.2 Å². The lowest BCUT2D eigenvalue weighted by Crippen LogP contribution is -2.06. The molecule has 0 unspecified atom stereocenters. The van der Waals surface area contributed by atoms with E-state index in [2.05, 4.69) is 4.74 Å². The second kappa shape index (κ2) is 7.25. The average molecular weight is 340 g/mol. The van der Waals surface area contributed by atoms with Gasteiger partial charge >= 0.3 is 12.1 Å². The van der Waals surface area contributed by atoms with E-state index in [4.69, 9.17) is 9.47 Å². The zero-order chi connectivity index (χ0) is 17.7. The minimum absolute atomic E-state index is 0.0716. The summed E-state index contributed by atoms with van der Waals surface area (Å²) in [5.74, 6) is 0.0603. The highest BCUT2D eigenvalue weighted by Gasteiger charge is 2.30. The van der Waals surface area contributed by atoms with Crippen LogP contribution in [0.4, 0.5) is 13.2 Å². The van der Waals surface area contributed by atoms with Crippen molar-refractivity contribution in [3.63, 3.8) is 0 Å². The van der Waals surface area contributed by atoms with Crippen LogP contribution >= 0.6 is 0 Å². The summed E-state index contributed by atoms with van der Waals surface area (Å²) < 4.78 is 53.3. The molecule has 0 aliphatic rings. The lowest BCUT2D eigenvalue weighted by molar-refractivity contribution is -0.137. The maximum Gasteiger partial charge on any atom is 0.416 e. The molecule has 0 saturated heterocycles. The Balaban J connectivity index is 2.16. The van der Waals surface area contributed by atoms with E-state index in [1.54, 1.807) is 0 Å². The van der Waals surface area contributed by atoms with Gasteiger partial charge in [-0.2, -0.15) is 13.2 Å². The van der Waals surface area contributed by atoms with Crippen molar-refractivity contribution in [2.75, 3.05) is 14.2 Å². The summed E-state index contributed by atoms with van der Waals surface area (Å²) in [4.78, 5) is 11.5. The molecule has 0 fully saturated rings. The highest BCUT2D eigenvalue weighted by molar-refractivity contribution is 5.90. The predicted molar refractivity (Wildman–Crippen MR) is 80.1 cm³/mol. The molecule has 0 atom stereocenters. The molecule has 0 bridgehead atoms. The van der Waals surface area contributed by atoms with Gasteiger partial charge in [0.2, 0.25) is 0 Å². The van der Waals surface area contributed by atoms with E-state index in [-0.39, 0.29) is 17.9 Å². The number of methoxy groups -OCH3 is 2. The summed E-state index contributed by atoms with van der Waals surface area (Å²) in [5.41, 5.74) is -0.0960. The number of benzene rings is 2. The maximum absolute atomic E-state index is 12.7. The number of rotatable bonds is 5. The van der Waals surface area contributed by atoms with Crippen molar-refractivity contribution >= 4 is 5.97 Å². The molecule has 2 aromatic rings. The Morgan fingerprint density at radius 1 is 1.04 bits per heavy atom. The topological polar surface area (TPSA) is 44.8 Å². The lowest BCUT2D eigenvalue weighted by atomic mass is 10.1. The monoisotopic (exact) mass is 340 g/mol. The van der Waals surface area contributed by atoms with Gasteiger partial charge in [0.15, 0.2) is 11.5 Å². The SMILES string of the molecule is COC(=O)c1ccc(OCc2cccc(C(F)(F)F)c2)c(OC)c1. The summed E-state index contributed by atoms with van der Waals surface area (Å²) >= 11 is 0. The first-order valence-electron chi connectivity index (χ1n) is 6.90. The first-order valence-corrected chi connectivity index (χ1v) is 6.90. The predicted octanol–water partition coefficient (Wildman–Crippen LogP) is 4.08. The van der Waals surface area contributed by atoms with Crippen LogP contribution in [0.5, 0.6) is 11.5 Å². The third-order valence-electron chi connectivity index (χ3n) is 3.23. The molecule has 0 aliphatic heterocycles. The van der Waals surface area contributed by atoms with Gasteiger partial charge in [0, 0.05) is 0 Å². The summed E-state index contributed by atoms with van der Waals surface area (Å²) in [6.45, 7) is -0.0716. The van der Waals surface area contributed by atoms with Gasteiger partial charge in [-0.1, -0.05) is 12.1 Å². The van der Waals surface area contributed by atoms with Crippen LogP contribution in [-0.2, 0) is 17.5 Å². The van der Waals surface area contributed by atoms with E-state index in [0.29, 0.717) is 11.3 Å². The van der Waals surface area contributed by atoms with E-state index in [9.17, 15) is 18.0 Å². The first-order chi connectivity index (χ1) is 11.3. The maximum atomic E-state index is 12.7. The van der Waals surface area contributed by atoms with Crippen LogP contribution in [0.3, 0.4) is 0 Å². The van der Waals surface area contributed by atoms with Gasteiger partial charge in [0.25, 0.3) is 0 Å². The molecular formula is C17H15F3O4. The Morgan fingerprint density at radius 3 is 2.42 bits per heavy atom. The average Bonchev–Trinajstić information content (AvgIpc) is 2.58. The third kappa shape index (κ3) is 4.18. The molecular weight excluding hydrogens is 325 g/mol. The molecule has 4 nitrogen and oxygen atoms in total. The minimum atomic E-state index is -4.41. The molecule has 0 aromatic heterocycles. The van der Waals surface area contributed by atoms with Gasteiger partial charge in [-0.15, -0.1) is 0 Å². The number of hydrogen-bond acceptors (Lipinski definition) is 4. The van der Waals surface area contributed by atoms with Crippen molar-refractivity contribution in [1.82, 2.24) is 0 Å². The highest BCUT2D eigenvalue weighted by Crippen LogP contribution is 2.31. The van der Waals surface area contributed by atoms with Crippen LogP contribution in [-0.4, -0.2) is 20.2 Å². The quantitative estimate of drug-likeness (QED) is 0.770. The summed E-state index contributed by atoms with van der Waals surface area (Å²) in [6, 6.07) is 9.29. The Morgan fingerprint density at radius 2 is 1.79 bits per heavy atom. The van der Waals surface area contributed by atoms with Crippen LogP contribution in [0.1, 0.15) is 21.5 Å². The van der Waals surface area contributed by atoms with Crippen molar-refractivity contribution in [3.8, 4) is 11.5 Å². The normalized spacial score (nSPS) is 11.0.